The number of pyridine rings is 1. The highest BCUT2D eigenvalue weighted by Gasteiger charge is 2.37. The highest BCUT2D eigenvalue weighted by atomic mass is 32.2. The predicted molar refractivity (Wildman–Crippen MR) is 144 cm³/mol. The molecule has 2 amide bonds. The molecular formula is C29H32N4O4S. The Balaban J connectivity index is 1.20. The number of carbonyl (C=O) groups excluding carboxylic acids is 2. The number of nitrogens with zero attached hydrogens (tertiary/aromatic N) is 2. The number of nitrogens with one attached hydrogen (secondary N) is 2. The van der Waals surface area contributed by atoms with Gasteiger partial charge in [0, 0.05) is 30.4 Å². The lowest BCUT2D eigenvalue weighted by Gasteiger charge is -2.39. The third-order valence-electron chi connectivity index (χ3n) is 7.44. The molecule has 1 aliphatic carbocycles. The minimum Gasteiger partial charge on any atom is -0.352 e. The average Bonchev–Trinajstić information content (AvgIpc) is 2.93. The van der Waals surface area contributed by atoms with Gasteiger partial charge in [-0.3, -0.25) is 14.6 Å². The molecule has 2 aromatic carbocycles. The Hall–Kier alpha value is -3.56. The van der Waals surface area contributed by atoms with Crippen LogP contribution in [0.1, 0.15) is 43.0 Å². The van der Waals surface area contributed by atoms with Crippen molar-refractivity contribution in [3.63, 3.8) is 0 Å². The van der Waals surface area contributed by atoms with Gasteiger partial charge in [-0.05, 0) is 73.6 Å². The minimum atomic E-state index is -3.69. The van der Waals surface area contributed by atoms with Crippen molar-refractivity contribution in [2.45, 2.75) is 49.6 Å². The Bertz CT molecular complexity index is 1400. The molecular weight excluding hydrogens is 500 g/mol. The van der Waals surface area contributed by atoms with Crippen LogP contribution in [0.5, 0.6) is 0 Å². The lowest BCUT2D eigenvalue weighted by Crippen LogP contribution is -2.54. The van der Waals surface area contributed by atoms with Crippen LogP contribution < -0.4 is 10.0 Å². The number of benzene rings is 2. The average molecular weight is 533 g/mol. The van der Waals surface area contributed by atoms with E-state index in [0.29, 0.717) is 32.2 Å². The van der Waals surface area contributed by atoms with Crippen LogP contribution in [0, 0.1) is 12.8 Å². The van der Waals surface area contributed by atoms with E-state index in [-0.39, 0.29) is 41.3 Å². The summed E-state index contributed by atoms with van der Waals surface area (Å²) in [4.78, 5) is 31.7. The monoisotopic (exact) mass is 532 g/mol. The molecule has 0 unspecified atom stereocenters. The number of aryl methyl sites for hydroxylation is 1. The molecule has 1 aromatic heterocycles. The SMILES string of the molecule is Cc1cc(-c2ccc(S(=O)(=O)N[C@H]3CC[C@H](C(=O)N4CC(=O)NC[C@@H]4c4ccccc4)CC3)cc2)ccn1. The number of aromatic nitrogens is 1. The van der Waals surface area contributed by atoms with Gasteiger partial charge < -0.3 is 10.2 Å². The zero-order valence-electron chi connectivity index (χ0n) is 21.3. The zero-order chi connectivity index (χ0) is 26.7. The van der Waals surface area contributed by atoms with Crippen LogP contribution in [0.25, 0.3) is 11.1 Å². The van der Waals surface area contributed by atoms with Crippen molar-refractivity contribution >= 4 is 21.8 Å². The summed E-state index contributed by atoms with van der Waals surface area (Å²) in [6.07, 6.45) is 4.03. The van der Waals surface area contributed by atoms with E-state index < -0.39 is 10.0 Å². The fourth-order valence-electron chi connectivity index (χ4n) is 5.38. The molecule has 1 saturated carbocycles. The summed E-state index contributed by atoms with van der Waals surface area (Å²) in [6.45, 7) is 2.35. The first kappa shape index (κ1) is 26.1. The Labute approximate surface area is 223 Å². The zero-order valence-corrected chi connectivity index (χ0v) is 22.2. The molecule has 2 aliphatic rings. The van der Waals surface area contributed by atoms with Crippen molar-refractivity contribution < 1.29 is 18.0 Å². The first-order chi connectivity index (χ1) is 18.3. The van der Waals surface area contributed by atoms with E-state index in [9.17, 15) is 18.0 Å². The summed E-state index contributed by atoms with van der Waals surface area (Å²) in [5.41, 5.74) is 3.80. The third kappa shape index (κ3) is 5.79. The van der Waals surface area contributed by atoms with Gasteiger partial charge in [-0.15, -0.1) is 0 Å². The van der Waals surface area contributed by atoms with Gasteiger partial charge in [-0.25, -0.2) is 13.1 Å². The standard InChI is InChI=1S/C29H32N4O4S/c1-20-17-24(15-16-30-20)21-9-13-26(14-10-21)38(36,37)32-25-11-7-23(8-12-25)29(35)33-19-28(34)31-18-27(33)22-5-3-2-4-6-22/h2-6,9-10,13-17,23,25,27,32H,7-8,11-12,18-19H2,1H3,(H,31,34)/t23-,25-,27-/m1/s1. The molecule has 198 valence electrons. The molecule has 5 rings (SSSR count). The molecule has 9 heteroatoms. The van der Waals surface area contributed by atoms with Crippen LogP contribution in [0.3, 0.4) is 0 Å². The molecule has 2 fully saturated rings. The molecule has 1 aliphatic heterocycles. The van der Waals surface area contributed by atoms with Gasteiger partial charge in [0.1, 0.15) is 6.54 Å². The van der Waals surface area contributed by atoms with Crippen LogP contribution in [0.2, 0.25) is 0 Å². The number of sulfonamides is 1. The smallest absolute Gasteiger partial charge is 0.240 e. The van der Waals surface area contributed by atoms with Crippen molar-refractivity contribution in [3.05, 3.63) is 84.2 Å². The van der Waals surface area contributed by atoms with Crippen LogP contribution in [-0.2, 0) is 19.6 Å². The van der Waals surface area contributed by atoms with Crippen molar-refractivity contribution in [1.29, 1.82) is 0 Å². The molecule has 0 radical (unpaired) electrons. The van der Waals surface area contributed by atoms with Crippen molar-refractivity contribution in [2.75, 3.05) is 13.1 Å². The van der Waals surface area contributed by atoms with Gasteiger partial charge in [-0.1, -0.05) is 42.5 Å². The Morgan fingerprint density at radius 1 is 0.974 bits per heavy atom. The molecule has 2 N–H and O–H groups in total. The van der Waals surface area contributed by atoms with E-state index in [4.69, 9.17) is 0 Å². The van der Waals surface area contributed by atoms with Crippen LogP contribution in [0.4, 0.5) is 0 Å². The second kappa shape index (κ2) is 11.0. The summed E-state index contributed by atoms with van der Waals surface area (Å²) in [7, 11) is -3.69. The highest BCUT2D eigenvalue weighted by molar-refractivity contribution is 7.89. The quantitative estimate of drug-likeness (QED) is 0.504. The van der Waals surface area contributed by atoms with Crippen molar-refractivity contribution in [3.8, 4) is 11.1 Å². The van der Waals surface area contributed by atoms with E-state index in [1.54, 1.807) is 35.4 Å². The maximum atomic E-state index is 13.5. The molecule has 0 bridgehead atoms. The minimum absolute atomic E-state index is 0.0306. The maximum absolute atomic E-state index is 13.5. The van der Waals surface area contributed by atoms with Crippen molar-refractivity contribution in [1.82, 2.24) is 19.9 Å². The predicted octanol–water partition coefficient (Wildman–Crippen LogP) is 3.59. The lowest BCUT2D eigenvalue weighted by atomic mass is 9.85. The number of piperazine rings is 1. The van der Waals surface area contributed by atoms with Crippen LogP contribution in [-0.4, -0.2) is 49.2 Å². The maximum Gasteiger partial charge on any atom is 0.240 e. The second-order valence-electron chi connectivity index (χ2n) is 10.1. The van der Waals surface area contributed by atoms with E-state index >= 15 is 0 Å². The van der Waals surface area contributed by atoms with E-state index in [1.165, 1.54) is 0 Å². The van der Waals surface area contributed by atoms with Gasteiger partial charge in [0.2, 0.25) is 21.8 Å². The summed E-state index contributed by atoms with van der Waals surface area (Å²) in [6, 6.07) is 20.0. The summed E-state index contributed by atoms with van der Waals surface area (Å²) in [5, 5.41) is 2.87. The number of hydrogen-bond acceptors (Lipinski definition) is 5. The Morgan fingerprint density at radius 2 is 1.68 bits per heavy atom. The molecule has 0 spiro atoms. The van der Waals surface area contributed by atoms with Gasteiger partial charge in [-0.2, -0.15) is 0 Å². The van der Waals surface area contributed by atoms with Gasteiger partial charge >= 0.3 is 0 Å². The van der Waals surface area contributed by atoms with Crippen LogP contribution in [0.15, 0.2) is 77.8 Å². The Kier molecular flexibility index (Phi) is 7.58. The highest BCUT2D eigenvalue weighted by Crippen LogP contribution is 2.31. The summed E-state index contributed by atoms with van der Waals surface area (Å²) < 4.78 is 29.0. The third-order valence-corrected chi connectivity index (χ3v) is 8.98. The number of rotatable bonds is 6. The molecule has 8 nitrogen and oxygen atoms in total. The lowest BCUT2D eigenvalue weighted by molar-refractivity contribution is -0.145. The van der Waals surface area contributed by atoms with E-state index in [2.05, 4.69) is 15.0 Å². The number of hydrogen-bond donors (Lipinski definition) is 2. The molecule has 2 heterocycles. The molecule has 1 atom stereocenters. The fourth-order valence-corrected chi connectivity index (χ4v) is 6.68. The van der Waals surface area contributed by atoms with Gasteiger partial charge in [0.15, 0.2) is 0 Å². The van der Waals surface area contributed by atoms with Gasteiger partial charge in [0.05, 0.1) is 10.9 Å². The Morgan fingerprint density at radius 3 is 2.37 bits per heavy atom. The molecule has 1 saturated heterocycles. The molecule has 3 aromatic rings. The van der Waals surface area contributed by atoms with E-state index in [0.717, 1.165) is 22.4 Å². The van der Waals surface area contributed by atoms with E-state index in [1.807, 2.05) is 49.4 Å². The largest absolute Gasteiger partial charge is 0.352 e. The molecule has 38 heavy (non-hydrogen) atoms. The topological polar surface area (TPSA) is 108 Å². The first-order valence-electron chi connectivity index (χ1n) is 13.0. The second-order valence-corrected chi connectivity index (χ2v) is 11.8. The summed E-state index contributed by atoms with van der Waals surface area (Å²) in [5.74, 6) is -0.412. The summed E-state index contributed by atoms with van der Waals surface area (Å²) >= 11 is 0. The normalized spacial score (nSPS) is 22.1. The number of amides is 2. The first-order valence-corrected chi connectivity index (χ1v) is 14.5. The van der Waals surface area contributed by atoms with Crippen LogP contribution >= 0.6 is 0 Å². The fraction of sp³-hybridized carbons (Fsp3) is 0.345. The number of carbonyl (C=O) groups is 2. The van der Waals surface area contributed by atoms with Gasteiger partial charge in [0.25, 0.3) is 0 Å². The van der Waals surface area contributed by atoms with Crippen molar-refractivity contribution in [2.24, 2.45) is 5.92 Å².